The highest BCUT2D eigenvalue weighted by Crippen LogP contribution is 2.20. The van der Waals surface area contributed by atoms with E-state index in [0.29, 0.717) is 23.5 Å². The molecule has 0 heterocycles. The van der Waals surface area contributed by atoms with E-state index >= 15 is 0 Å². The van der Waals surface area contributed by atoms with E-state index in [1.807, 2.05) is 0 Å². The van der Waals surface area contributed by atoms with Crippen molar-refractivity contribution >= 4 is 11.4 Å². The summed E-state index contributed by atoms with van der Waals surface area (Å²) < 4.78 is 25.9. The average Bonchev–Trinajstić information content (AvgIpc) is 2.32. The molecule has 4 heteroatoms. The number of rotatable bonds is 3. The molecule has 0 bridgehead atoms. The van der Waals surface area contributed by atoms with Crippen LogP contribution in [-0.4, -0.2) is 0 Å². The second-order valence-electron chi connectivity index (χ2n) is 4.17. The molecule has 2 aromatic rings. The minimum Gasteiger partial charge on any atom is -0.397 e. The second-order valence-corrected chi connectivity index (χ2v) is 4.17. The van der Waals surface area contributed by atoms with Crippen LogP contribution in [0.5, 0.6) is 0 Å². The van der Waals surface area contributed by atoms with Gasteiger partial charge in [0.05, 0.1) is 11.4 Å². The van der Waals surface area contributed by atoms with Gasteiger partial charge in [0, 0.05) is 6.54 Å². The second kappa shape index (κ2) is 5.04. The Morgan fingerprint density at radius 1 is 1.11 bits per heavy atom. The van der Waals surface area contributed by atoms with E-state index in [2.05, 4.69) is 5.32 Å². The van der Waals surface area contributed by atoms with Crippen molar-refractivity contribution in [1.29, 1.82) is 0 Å². The fourth-order valence-electron chi connectivity index (χ4n) is 1.71. The molecule has 3 N–H and O–H groups in total. The first-order valence-corrected chi connectivity index (χ1v) is 5.60. The average molecular weight is 248 g/mol. The molecule has 0 atom stereocenters. The smallest absolute Gasteiger partial charge is 0.126 e. The number of nitrogens with two attached hydrogens (primary N) is 1. The van der Waals surface area contributed by atoms with Gasteiger partial charge < -0.3 is 11.1 Å². The summed E-state index contributed by atoms with van der Waals surface area (Å²) in [6.07, 6.45) is 0. The minimum absolute atomic E-state index is 0.222. The molecule has 0 saturated carbocycles. The van der Waals surface area contributed by atoms with E-state index < -0.39 is 0 Å². The zero-order valence-electron chi connectivity index (χ0n) is 10.0. The topological polar surface area (TPSA) is 38.0 Å². The Kier molecular flexibility index (Phi) is 3.46. The van der Waals surface area contributed by atoms with Crippen molar-refractivity contribution in [2.24, 2.45) is 0 Å². The number of anilines is 2. The normalized spacial score (nSPS) is 10.4. The van der Waals surface area contributed by atoms with Crippen molar-refractivity contribution in [3.05, 3.63) is 59.2 Å². The lowest BCUT2D eigenvalue weighted by Crippen LogP contribution is -2.03. The van der Waals surface area contributed by atoms with Crippen LogP contribution in [0.3, 0.4) is 0 Å². The first-order valence-electron chi connectivity index (χ1n) is 5.60. The summed E-state index contributed by atoms with van der Waals surface area (Å²) in [5.41, 5.74) is 8.24. The molecule has 0 aliphatic heterocycles. The highest BCUT2D eigenvalue weighted by molar-refractivity contribution is 5.65. The van der Waals surface area contributed by atoms with Crippen LogP contribution in [-0.2, 0) is 6.54 Å². The van der Waals surface area contributed by atoms with Gasteiger partial charge in [0.15, 0.2) is 0 Å². The number of hydrogen-bond acceptors (Lipinski definition) is 2. The number of halogens is 2. The van der Waals surface area contributed by atoms with Crippen LogP contribution in [0.2, 0.25) is 0 Å². The number of nitrogen functional groups attached to an aromatic ring is 1. The quantitative estimate of drug-likeness (QED) is 0.816. The van der Waals surface area contributed by atoms with Gasteiger partial charge in [-0.25, -0.2) is 8.78 Å². The third kappa shape index (κ3) is 2.77. The Labute approximate surface area is 104 Å². The third-order valence-electron chi connectivity index (χ3n) is 2.72. The Balaban J connectivity index is 2.09. The van der Waals surface area contributed by atoms with Gasteiger partial charge in [0.25, 0.3) is 0 Å². The summed E-state index contributed by atoms with van der Waals surface area (Å²) in [5, 5.41) is 3.09. The molecule has 0 amide bonds. The molecule has 0 radical (unpaired) electrons. The standard InChI is InChI=1S/C14H14F2N2/c1-9-6-10(2-4-12(9)16)8-18-14-5-3-11(15)7-13(14)17/h2-7,18H,8,17H2,1H3. The first kappa shape index (κ1) is 12.4. The molecule has 0 unspecified atom stereocenters. The van der Waals surface area contributed by atoms with Gasteiger partial charge in [-0.3, -0.25) is 0 Å². The van der Waals surface area contributed by atoms with Crippen LogP contribution < -0.4 is 11.1 Å². The maximum absolute atomic E-state index is 13.1. The highest BCUT2D eigenvalue weighted by atomic mass is 19.1. The number of benzene rings is 2. The molecule has 2 rings (SSSR count). The van der Waals surface area contributed by atoms with Crippen molar-refractivity contribution in [2.75, 3.05) is 11.1 Å². The lowest BCUT2D eigenvalue weighted by molar-refractivity contribution is 0.617. The predicted octanol–water partition coefficient (Wildman–Crippen LogP) is 3.47. The van der Waals surface area contributed by atoms with E-state index in [9.17, 15) is 8.78 Å². The van der Waals surface area contributed by atoms with Gasteiger partial charge in [-0.15, -0.1) is 0 Å². The third-order valence-corrected chi connectivity index (χ3v) is 2.72. The number of aryl methyl sites for hydroxylation is 1. The lowest BCUT2D eigenvalue weighted by Gasteiger charge is -2.10. The summed E-state index contributed by atoms with van der Waals surface area (Å²) in [6.45, 7) is 2.22. The fourth-order valence-corrected chi connectivity index (χ4v) is 1.71. The van der Waals surface area contributed by atoms with Crippen LogP contribution in [0.15, 0.2) is 36.4 Å². The van der Waals surface area contributed by atoms with Crippen LogP contribution in [0.25, 0.3) is 0 Å². The van der Waals surface area contributed by atoms with Gasteiger partial charge >= 0.3 is 0 Å². The summed E-state index contributed by atoms with van der Waals surface area (Å²) in [4.78, 5) is 0. The molecule has 18 heavy (non-hydrogen) atoms. The van der Waals surface area contributed by atoms with Crippen molar-refractivity contribution < 1.29 is 8.78 Å². The largest absolute Gasteiger partial charge is 0.397 e. The van der Waals surface area contributed by atoms with Gasteiger partial charge in [-0.1, -0.05) is 12.1 Å². The summed E-state index contributed by atoms with van der Waals surface area (Å²) in [6, 6.07) is 9.09. The Hall–Kier alpha value is -2.10. The Bertz CT molecular complexity index is 568. The molecule has 2 aromatic carbocycles. The van der Waals surface area contributed by atoms with Crippen LogP contribution in [0.1, 0.15) is 11.1 Å². The summed E-state index contributed by atoms with van der Waals surface area (Å²) in [5.74, 6) is -0.587. The maximum Gasteiger partial charge on any atom is 0.126 e. The minimum atomic E-state index is -0.365. The van der Waals surface area contributed by atoms with E-state index in [0.717, 1.165) is 5.56 Å². The van der Waals surface area contributed by atoms with Gasteiger partial charge in [0.1, 0.15) is 11.6 Å². The van der Waals surface area contributed by atoms with E-state index in [-0.39, 0.29) is 11.6 Å². The number of hydrogen-bond donors (Lipinski definition) is 2. The number of nitrogens with one attached hydrogen (secondary N) is 1. The van der Waals surface area contributed by atoms with Crippen LogP contribution in [0.4, 0.5) is 20.2 Å². The fraction of sp³-hybridized carbons (Fsp3) is 0.143. The lowest BCUT2D eigenvalue weighted by atomic mass is 10.1. The van der Waals surface area contributed by atoms with Gasteiger partial charge in [-0.2, -0.15) is 0 Å². The van der Waals surface area contributed by atoms with Crippen molar-refractivity contribution in [3.8, 4) is 0 Å². The van der Waals surface area contributed by atoms with Gasteiger partial charge in [0.2, 0.25) is 0 Å². The zero-order chi connectivity index (χ0) is 13.1. The summed E-state index contributed by atoms with van der Waals surface area (Å²) in [7, 11) is 0. The van der Waals surface area contributed by atoms with Crippen molar-refractivity contribution in [3.63, 3.8) is 0 Å². The predicted molar refractivity (Wildman–Crippen MR) is 69.3 cm³/mol. The first-order chi connectivity index (χ1) is 8.56. The molecule has 0 fully saturated rings. The zero-order valence-corrected chi connectivity index (χ0v) is 10.0. The molecule has 0 aliphatic rings. The molecule has 0 aliphatic carbocycles. The van der Waals surface area contributed by atoms with Crippen molar-refractivity contribution in [2.45, 2.75) is 13.5 Å². The Morgan fingerprint density at radius 2 is 1.89 bits per heavy atom. The highest BCUT2D eigenvalue weighted by Gasteiger charge is 2.02. The molecule has 94 valence electrons. The van der Waals surface area contributed by atoms with Crippen LogP contribution >= 0.6 is 0 Å². The van der Waals surface area contributed by atoms with Crippen molar-refractivity contribution in [1.82, 2.24) is 0 Å². The molecule has 0 saturated heterocycles. The maximum atomic E-state index is 13.1. The molecular formula is C14H14F2N2. The summed E-state index contributed by atoms with van der Waals surface area (Å²) >= 11 is 0. The monoisotopic (exact) mass is 248 g/mol. The molecular weight excluding hydrogens is 234 g/mol. The Morgan fingerprint density at radius 3 is 2.56 bits per heavy atom. The molecule has 2 nitrogen and oxygen atoms in total. The molecule has 0 spiro atoms. The van der Waals surface area contributed by atoms with Crippen LogP contribution in [0, 0.1) is 18.6 Å². The SMILES string of the molecule is Cc1cc(CNc2ccc(F)cc2N)ccc1F. The van der Waals surface area contributed by atoms with E-state index in [1.54, 1.807) is 25.1 Å². The van der Waals surface area contributed by atoms with E-state index in [4.69, 9.17) is 5.73 Å². The van der Waals surface area contributed by atoms with Gasteiger partial charge in [-0.05, 0) is 42.3 Å². The van der Waals surface area contributed by atoms with E-state index in [1.165, 1.54) is 18.2 Å². The molecule has 0 aromatic heterocycles.